The summed E-state index contributed by atoms with van der Waals surface area (Å²) in [5.74, 6) is 2.36. The molecule has 0 N–H and O–H groups in total. The first kappa shape index (κ1) is 17.0. The first-order valence-corrected chi connectivity index (χ1v) is 9.24. The Morgan fingerprint density at radius 2 is 1.81 bits per heavy atom. The second kappa shape index (κ2) is 7.26. The fourth-order valence-electron chi connectivity index (χ4n) is 4.41. The average molecular weight is 293 g/mol. The molecule has 21 heavy (non-hydrogen) atoms. The molecule has 1 saturated heterocycles. The van der Waals surface area contributed by atoms with Crippen LogP contribution in [0.4, 0.5) is 0 Å². The molecule has 0 aromatic carbocycles. The quantitative estimate of drug-likeness (QED) is 0.742. The van der Waals surface area contributed by atoms with Gasteiger partial charge in [-0.15, -0.1) is 0 Å². The molecule has 2 aliphatic rings. The molecule has 1 aliphatic carbocycles. The molecule has 2 nitrogen and oxygen atoms in total. The second-order valence-electron chi connectivity index (χ2n) is 7.95. The molecule has 0 spiro atoms. The summed E-state index contributed by atoms with van der Waals surface area (Å²) in [4.78, 5) is 14.8. The fourth-order valence-corrected chi connectivity index (χ4v) is 4.41. The lowest BCUT2D eigenvalue weighted by molar-refractivity contribution is -0.127. The summed E-state index contributed by atoms with van der Waals surface area (Å²) >= 11 is 0. The standard InChI is InChI=1S/C19H35NO/c1-5-19(6-2)9-11-20(12-10-19)14-17-13-16(15(3)4)7-8-18(17)21/h15-17H,5-14H2,1-4H3. The van der Waals surface area contributed by atoms with Crippen LogP contribution in [-0.2, 0) is 4.79 Å². The zero-order chi connectivity index (χ0) is 15.5. The Bertz CT molecular complexity index is 335. The van der Waals surface area contributed by atoms with E-state index in [9.17, 15) is 4.79 Å². The van der Waals surface area contributed by atoms with E-state index in [4.69, 9.17) is 0 Å². The molecule has 1 aliphatic heterocycles. The highest BCUT2D eigenvalue weighted by atomic mass is 16.1. The third-order valence-corrected chi connectivity index (χ3v) is 6.64. The first-order chi connectivity index (χ1) is 9.99. The van der Waals surface area contributed by atoms with E-state index in [2.05, 4.69) is 32.6 Å². The van der Waals surface area contributed by atoms with Crippen molar-refractivity contribution in [1.82, 2.24) is 4.90 Å². The molecule has 0 radical (unpaired) electrons. The highest BCUT2D eigenvalue weighted by Gasteiger charge is 2.35. The Kier molecular flexibility index (Phi) is 5.88. The molecule has 2 heteroatoms. The van der Waals surface area contributed by atoms with Crippen molar-refractivity contribution in [3.8, 4) is 0 Å². The van der Waals surface area contributed by atoms with Crippen LogP contribution >= 0.6 is 0 Å². The number of hydrogen-bond acceptors (Lipinski definition) is 2. The maximum Gasteiger partial charge on any atom is 0.137 e. The van der Waals surface area contributed by atoms with Crippen molar-refractivity contribution in [2.45, 2.75) is 72.6 Å². The minimum Gasteiger partial charge on any atom is -0.303 e. The molecule has 2 fully saturated rings. The minimum atomic E-state index is 0.321. The lowest BCUT2D eigenvalue weighted by Gasteiger charge is -2.42. The Balaban J connectivity index is 1.86. The van der Waals surface area contributed by atoms with Crippen LogP contribution in [0.5, 0.6) is 0 Å². The van der Waals surface area contributed by atoms with Gasteiger partial charge in [0.05, 0.1) is 0 Å². The van der Waals surface area contributed by atoms with Gasteiger partial charge in [-0.05, 0) is 56.0 Å². The lowest BCUT2D eigenvalue weighted by atomic mass is 9.73. The van der Waals surface area contributed by atoms with Crippen molar-refractivity contribution in [2.24, 2.45) is 23.2 Å². The van der Waals surface area contributed by atoms with Gasteiger partial charge in [0.25, 0.3) is 0 Å². The number of likely N-dealkylation sites (tertiary alicyclic amines) is 1. The monoisotopic (exact) mass is 293 g/mol. The van der Waals surface area contributed by atoms with Crippen molar-refractivity contribution < 1.29 is 4.79 Å². The first-order valence-electron chi connectivity index (χ1n) is 9.24. The van der Waals surface area contributed by atoms with E-state index in [1.165, 1.54) is 38.8 Å². The van der Waals surface area contributed by atoms with E-state index in [-0.39, 0.29) is 0 Å². The second-order valence-corrected chi connectivity index (χ2v) is 7.95. The SMILES string of the molecule is CCC1(CC)CCN(CC2CC(C(C)C)CCC2=O)CC1. The van der Waals surface area contributed by atoms with E-state index in [0.717, 1.165) is 37.6 Å². The van der Waals surface area contributed by atoms with Gasteiger partial charge in [-0.1, -0.05) is 40.5 Å². The van der Waals surface area contributed by atoms with E-state index in [0.29, 0.717) is 17.1 Å². The highest BCUT2D eigenvalue weighted by Crippen LogP contribution is 2.39. The van der Waals surface area contributed by atoms with Crippen LogP contribution in [0, 0.1) is 23.2 Å². The van der Waals surface area contributed by atoms with E-state index >= 15 is 0 Å². The van der Waals surface area contributed by atoms with Crippen LogP contribution in [0.25, 0.3) is 0 Å². The molecule has 1 heterocycles. The summed E-state index contributed by atoms with van der Waals surface area (Å²) in [5, 5.41) is 0. The largest absolute Gasteiger partial charge is 0.303 e. The van der Waals surface area contributed by atoms with Crippen LogP contribution in [0.3, 0.4) is 0 Å². The molecule has 0 aromatic heterocycles. The van der Waals surface area contributed by atoms with Gasteiger partial charge in [-0.25, -0.2) is 0 Å². The summed E-state index contributed by atoms with van der Waals surface area (Å²) in [6.07, 6.45) is 8.38. The van der Waals surface area contributed by atoms with Crippen LogP contribution in [0.1, 0.15) is 72.6 Å². The highest BCUT2D eigenvalue weighted by molar-refractivity contribution is 5.82. The molecule has 2 atom stereocenters. The van der Waals surface area contributed by atoms with Crippen molar-refractivity contribution in [2.75, 3.05) is 19.6 Å². The van der Waals surface area contributed by atoms with E-state index in [1.807, 2.05) is 0 Å². The van der Waals surface area contributed by atoms with Crippen LogP contribution < -0.4 is 0 Å². The minimum absolute atomic E-state index is 0.321. The Hall–Kier alpha value is -0.370. The van der Waals surface area contributed by atoms with Crippen LogP contribution in [-0.4, -0.2) is 30.3 Å². The third-order valence-electron chi connectivity index (χ3n) is 6.64. The van der Waals surface area contributed by atoms with Gasteiger partial charge in [-0.2, -0.15) is 0 Å². The van der Waals surface area contributed by atoms with Gasteiger partial charge in [0, 0.05) is 18.9 Å². The molecule has 0 aromatic rings. The zero-order valence-electron chi connectivity index (χ0n) is 14.7. The normalized spacial score (nSPS) is 30.8. The zero-order valence-corrected chi connectivity index (χ0v) is 14.7. The predicted molar refractivity (Wildman–Crippen MR) is 89.4 cm³/mol. The number of piperidine rings is 1. The van der Waals surface area contributed by atoms with Crippen molar-refractivity contribution in [3.63, 3.8) is 0 Å². The lowest BCUT2D eigenvalue weighted by Crippen LogP contribution is -2.44. The number of rotatable bonds is 5. The maximum atomic E-state index is 12.2. The predicted octanol–water partition coefficient (Wildman–Crippen LogP) is 4.53. The molecule has 2 rings (SSSR count). The van der Waals surface area contributed by atoms with Crippen LogP contribution in [0.15, 0.2) is 0 Å². The Morgan fingerprint density at radius 3 is 2.33 bits per heavy atom. The molecule has 1 saturated carbocycles. The number of Topliss-reactive ketones (excluding diaryl/α,β-unsaturated/α-hetero) is 1. The molecule has 2 unspecified atom stereocenters. The van der Waals surface area contributed by atoms with E-state index < -0.39 is 0 Å². The van der Waals surface area contributed by atoms with Crippen LogP contribution in [0.2, 0.25) is 0 Å². The number of hydrogen-bond donors (Lipinski definition) is 0. The summed E-state index contributed by atoms with van der Waals surface area (Å²) in [6, 6.07) is 0. The van der Waals surface area contributed by atoms with Gasteiger partial charge in [0.1, 0.15) is 5.78 Å². The van der Waals surface area contributed by atoms with Crippen molar-refractivity contribution in [1.29, 1.82) is 0 Å². The molecular weight excluding hydrogens is 258 g/mol. The molecule has 122 valence electrons. The van der Waals surface area contributed by atoms with Gasteiger partial charge in [0.15, 0.2) is 0 Å². The number of nitrogens with zero attached hydrogens (tertiary/aromatic N) is 1. The van der Waals surface area contributed by atoms with Crippen molar-refractivity contribution in [3.05, 3.63) is 0 Å². The third kappa shape index (κ3) is 4.09. The van der Waals surface area contributed by atoms with Crippen molar-refractivity contribution >= 4 is 5.78 Å². The Labute approximate surface area is 131 Å². The smallest absolute Gasteiger partial charge is 0.137 e. The van der Waals surface area contributed by atoms with Gasteiger partial charge >= 0.3 is 0 Å². The van der Waals surface area contributed by atoms with Gasteiger partial charge in [-0.3, -0.25) is 4.79 Å². The number of carbonyl (C=O) groups excluding carboxylic acids is 1. The molecule has 0 amide bonds. The fraction of sp³-hybridized carbons (Fsp3) is 0.947. The average Bonchev–Trinajstić information content (AvgIpc) is 2.50. The van der Waals surface area contributed by atoms with Gasteiger partial charge < -0.3 is 4.90 Å². The Morgan fingerprint density at radius 1 is 1.19 bits per heavy atom. The maximum absolute atomic E-state index is 12.2. The molecule has 0 bridgehead atoms. The summed E-state index contributed by atoms with van der Waals surface area (Å²) in [7, 11) is 0. The summed E-state index contributed by atoms with van der Waals surface area (Å²) in [5.41, 5.74) is 0.591. The van der Waals surface area contributed by atoms with Gasteiger partial charge in [0.2, 0.25) is 0 Å². The number of carbonyl (C=O) groups is 1. The summed E-state index contributed by atoms with van der Waals surface area (Å²) < 4.78 is 0. The molecular formula is C19H35NO. The topological polar surface area (TPSA) is 20.3 Å². The van der Waals surface area contributed by atoms with E-state index in [1.54, 1.807) is 0 Å². The summed E-state index contributed by atoms with van der Waals surface area (Å²) in [6.45, 7) is 12.8. The number of ketones is 1.